The van der Waals surface area contributed by atoms with E-state index in [1.807, 2.05) is 6.07 Å². The smallest absolute Gasteiger partial charge is 0.261 e. The lowest BCUT2D eigenvalue weighted by atomic mass is 10.1. The maximum atomic E-state index is 12.7. The standard InChI is InChI=1S/C20H16ClN3O3/c21-14-5-3-4-13(12-14)18-22-9-11-23(18)17(25)8-10-24-19(26)15-6-1-2-7-16(15)20(24)27/h1-7,12H,8-11H2. The molecule has 2 aromatic carbocycles. The molecule has 0 N–H and O–H groups in total. The van der Waals surface area contributed by atoms with Crippen molar-refractivity contribution in [3.63, 3.8) is 0 Å². The third kappa shape index (κ3) is 3.13. The summed E-state index contributed by atoms with van der Waals surface area (Å²) >= 11 is 6.03. The summed E-state index contributed by atoms with van der Waals surface area (Å²) in [5, 5.41) is 0.570. The predicted molar refractivity (Wildman–Crippen MR) is 101 cm³/mol. The van der Waals surface area contributed by atoms with Gasteiger partial charge in [0.2, 0.25) is 5.91 Å². The maximum absolute atomic E-state index is 12.7. The van der Waals surface area contributed by atoms with Crippen molar-refractivity contribution < 1.29 is 14.4 Å². The van der Waals surface area contributed by atoms with Gasteiger partial charge in [0.15, 0.2) is 0 Å². The van der Waals surface area contributed by atoms with Crippen LogP contribution in [0.2, 0.25) is 5.02 Å². The highest BCUT2D eigenvalue weighted by atomic mass is 35.5. The van der Waals surface area contributed by atoms with Crippen molar-refractivity contribution in [1.82, 2.24) is 9.80 Å². The van der Waals surface area contributed by atoms with Crippen molar-refractivity contribution in [2.75, 3.05) is 19.6 Å². The molecule has 27 heavy (non-hydrogen) atoms. The molecule has 0 spiro atoms. The predicted octanol–water partition coefficient (Wildman–Crippen LogP) is 2.62. The molecule has 2 heterocycles. The van der Waals surface area contributed by atoms with Crippen LogP contribution in [-0.4, -0.2) is 53.0 Å². The van der Waals surface area contributed by atoms with Gasteiger partial charge < -0.3 is 0 Å². The quantitative estimate of drug-likeness (QED) is 0.764. The summed E-state index contributed by atoms with van der Waals surface area (Å²) in [6.45, 7) is 1.04. The molecule has 0 saturated carbocycles. The van der Waals surface area contributed by atoms with Crippen molar-refractivity contribution >= 4 is 35.2 Å². The van der Waals surface area contributed by atoms with E-state index in [1.165, 1.54) is 0 Å². The molecule has 3 amide bonds. The molecule has 0 aliphatic carbocycles. The monoisotopic (exact) mass is 381 g/mol. The molecule has 2 aliphatic heterocycles. The fourth-order valence-corrected chi connectivity index (χ4v) is 3.54. The zero-order valence-electron chi connectivity index (χ0n) is 14.4. The highest BCUT2D eigenvalue weighted by Crippen LogP contribution is 2.23. The van der Waals surface area contributed by atoms with E-state index < -0.39 is 0 Å². The van der Waals surface area contributed by atoms with E-state index in [2.05, 4.69) is 4.99 Å². The van der Waals surface area contributed by atoms with Gasteiger partial charge in [-0.3, -0.25) is 29.2 Å². The average molecular weight is 382 g/mol. The fourth-order valence-electron chi connectivity index (χ4n) is 3.35. The van der Waals surface area contributed by atoms with Crippen molar-refractivity contribution in [2.45, 2.75) is 6.42 Å². The summed E-state index contributed by atoms with van der Waals surface area (Å²) in [5.74, 6) is -0.310. The minimum Gasteiger partial charge on any atom is -0.295 e. The van der Waals surface area contributed by atoms with Crippen LogP contribution in [0, 0.1) is 0 Å². The Labute approximate surface area is 161 Å². The van der Waals surface area contributed by atoms with E-state index in [-0.39, 0.29) is 30.7 Å². The lowest BCUT2D eigenvalue weighted by molar-refractivity contribution is -0.127. The number of hydrogen-bond acceptors (Lipinski definition) is 4. The van der Waals surface area contributed by atoms with Crippen LogP contribution in [0.4, 0.5) is 0 Å². The Balaban J connectivity index is 1.45. The Bertz CT molecular complexity index is 951. The Morgan fingerprint density at radius 1 is 1.04 bits per heavy atom. The van der Waals surface area contributed by atoms with Gasteiger partial charge in [-0.25, -0.2) is 0 Å². The molecule has 6 nitrogen and oxygen atoms in total. The summed E-state index contributed by atoms with van der Waals surface area (Å²) in [7, 11) is 0. The lowest BCUT2D eigenvalue weighted by Gasteiger charge is -2.20. The van der Waals surface area contributed by atoms with E-state index in [0.29, 0.717) is 35.1 Å². The Kier molecular flexibility index (Phi) is 4.49. The molecular weight excluding hydrogens is 366 g/mol. The van der Waals surface area contributed by atoms with Crippen LogP contribution in [0.1, 0.15) is 32.7 Å². The molecule has 0 unspecified atom stereocenters. The van der Waals surface area contributed by atoms with Crippen LogP contribution in [0.15, 0.2) is 53.5 Å². The topological polar surface area (TPSA) is 70.1 Å². The summed E-state index contributed by atoms with van der Waals surface area (Å²) in [5.41, 5.74) is 1.55. The van der Waals surface area contributed by atoms with Crippen LogP contribution in [0.5, 0.6) is 0 Å². The lowest BCUT2D eigenvalue weighted by Crippen LogP contribution is -2.38. The first-order chi connectivity index (χ1) is 13.1. The molecule has 0 saturated heterocycles. The molecule has 0 bridgehead atoms. The molecule has 2 aromatic rings. The van der Waals surface area contributed by atoms with E-state index in [4.69, 9.17) is 11.6 Å². The fraction of sp³-hybridized carbons (Fsp3) is 0.200. The Hall–Kier alpha value is -2.99. The molecule has 7 heteroatoms. The number of fused-ring (bicyclic) bond motifs is 1. The molecule has 136 valence electrons. The van der Waals surface area contributed by atoms with E-state index in [0.717, 1.165) is 10.5 Å². The minimum absolute atomic E-state index is 0.0461. The molecule has 0 aromatic heterocycles. The van der Waals surface area contributed by atoms with Gasteiger partial charge >= 0.3 is 0 Å². The number of carbonyl (C=O) groups excluding carboxylic acids is 3. The third-order valence-electron chi connectivity index (χ3n) is 4.65. The van der Waals surface area contributed by atoms with Crippen molar-refractivity contribution in [3.05, 3.63) is 70.2 Å². The normalized spacial score (nSPS) is 16.0. The van der Waals surface area contributed by atoms with Crippen LogP contribution in [-0.2, 0) is 4.79 Å². The number of aliphatic imine (C=N–C) groups is 1. The number of halogens is 1. The second-order valence-electron chi connectivity index (χ2n) is 6.32. The number of imide groups is 1. The molecule has 4 rings (SSSR count). The average Bonchev–Trinajstić information content (AvgIpc) is 3.25. The first kappa shape index (κ1) is 17.4. The highest BCUT2D eigenvalue weighted by molar-refractivity contribution is 6.31. The van der Waals surface area contributed by atoms with Gasteiger partial charge in [0.1, 0.15) is 5.84 Å². The van der Waals surface area contributed by atoms with Crippen molar-refractivity contribution in [3.8, 4) is 0 Å². The van der Waals surface area contributed by atoms with Crippen molar-refractivity contribution in [1.29, 1.82) is 0 Å². The number of hydrogen-bond donors (Lipinski definition) is 0. The van der Waals surface area contributed by atoms with Crippen molar-refractivity contribution in [2.24, 2.45) is 4.99 Å². The third-order valence-corrected chi connectivity index (χ3v) is 4.89. The van der Waals surface area contributed by atoms with Gasteiger partial charge in [0.25, 0.3) is 11.8 Å². The molecular formula is C20H16ClN3O3. The molecule has 0 fully saturated rings. The Morgan fingerprint density at radius 3 is 2.41 bits per heavy atom. The molecule has 0 radical (unpaired) electrons. The van der Waals surface area contributed by atoms with Crippen LogP contribution < -0.4 is 0 Å². The number of carbonyl (C=O) groups is 3. The summed E-state index contributed by atoms with van der Waals surface area (Å²) < 4.78 is 0. The largest absolute Gasteiger partial charge is 0.295 e. The second kappa shape index (κ2) is 6.96. The van der Waals surface area contributed by atoms with Gasteiger partial charge in [0.05, 0.1) is 17.7 Å². The van der Waals surface area contributed by atoms with E-state index >= 15 is 0 Å². The zero-order valence-corrected chi connectivity index (χ0v) is 15.1. The summed E-state index contributed by atoms with van der Waals surface area (Å²) in [6, 6.07) is 13.9. The van der Waals surface area contributed by atoms with Crippen LogP contribution in [0.25, 0.3) is 0 Å². The number of nitrogens with zero attached hydrogens (tertiary/aromatic N) is 3. The molecule has 0 atom stereocenters. The van der Waals surface area contributed by atoms with Crippen LogP contribution >= 0.6 is 11.6 Å². The van der Waals surface area contributed by atoms with E-state index in [9.17, 15) is 14.4 Å². The highest BCUT2D eigenvalue weighted by Gasteiger charge is 2.35. The SMILES string of the molecule is O=C(CCN1C(=O)c2ccccc2C1=O)N1CCN=C1c1cccc(Cl)c1. The maximum Gasteiger partial charge on any atom is 0.261 e. The number of rotatable bonds is 4. The zero-order chi connectivity index (χ0) is 19.0. The molecule has 2 aliphatic rings. The first-order valence-corrected chi connectivity index (χ1v) is 9.00. The van der Waals surface area contributed by atoms with E-state index in [1.54, 1.807) is 47.4 Å². The number of amidine groups is 1. The number of benzene rings is 2. The Morgan fingerprint density at radius 2 is 1.74 bits per heavy atom. The van der Waals surface area contributed by atoms with Crippen LogP contribution in [0.3, 0.4) is 0 Å². The second-order valence-corrected chi connectivity index (χ2v) is 6.76. The summed E-state index contributed by atoms with van der Waals surface area (Å²) in [6.07, 6.45) is 0.0467. The van der Waals surface area contributed by atoms with Gasteiger partial charge in [0, 0.05) is 30.1 Å². The number of amides is 3. The van der Waals surface area contributed by atoms with Gasteiger partial charge in [-0.2, -0.15) is 0 Å². The van der Waals surface area contributed by atoms with Gasteiger partial charge in [-0.05, 0) is 24.3 Å². The van der Waals surface area contributed by atoms with Gasteiger partial charge in [-0.1, -0.05) is 35.9 Å². The van der Waals surface area contributed by atoms with Gasteiger partial charge in [-0.15, -0.1) is 0 Å². The minimum atomic E-state index is -0.353. The first-order valence-electron chi connectivity index (χ1n) is 8.62. The summed E-state index contributed by atoms with van der Waals surface area (Å²) in [4.78, 5) is 44.7.